The molecule has 0 saturated carbocycles. The second-order valence-corrected chi connectivity index (χ2v) is 4.89. The quantitative estimate of drug-likeness (QED) is 0.704. The molecule has 2 N–H and O–H groups in total. The Bertz CT molecular complexity index is 474. The summed E-state index contributed by atoms with van der Waals surface area (Å²) in [4.78, 5) is 25.3. The summed E-state index contributed by atoms with van der Waals surface area (Å²) in [6.45, 7) is 8.54. The number of hydrogen-bond donors (Lipinski definition) is 2. The average Bonchev–Trinajstić information content (AvgIpc) is 2.30. The Hall–Kier alpha value is -1.36. The maximum atomic E-state index is 11.6. The first-order valence-corrected chi connectivity index (χ1v) is 6.58. The smallest absolute Gasteiger partial charge is 0.315 e. The molecule has 0 aromatic carbocycles. The normalized spacial score (nSPS) is 11.1. The number of nitrogens with zero attached hydrogens (tertiary/aromatic N) is 1. The number of aryl methyl sites for hydroxylation is 1. The molecule has 0 atom stereocenters. The zero-order chi connectivity index (χ0) is 13.5. The highest BCUT2D eigenvalue weighted by Gasteiger charge is 2.02. The van der Waals surface area contributed by atoms with Gasteiger partial charge in [0.15, 0.2) is 0 Å². The van der Waals surface area contributed by atoms with Crippen molar-refractivity contribution in [2.75, 3.05) is 13.1 Å². The van der Waals surface area contributed by atoms with E-state index in [1.54, 1.807) is 10.8 Å². The van der Waals surface area contributed by atoms with E-state index in [1.165, 1.54) is 0 Å². The maximum absolute atomic E-state index is 11.6. The molecule has 0 radical (unpaired) electrons. The van der Waals surface area contributed by atoms with Crippen LogP contribution in [0.3, 0.4) is 0 Å². The Balaban J connectivity index is 2.52. The predicted octanol–water partition coefficient (Wildman–Crippen LogP) is 0.735. The Morgan fingerprint density at radius 3 is 2.67 bits per heavy atom. The molecule has 0 aliphatic carbocycles. The lowest BCUT2D eigenvalue weighted by molar-refractivity contribution is 0.512. The minimum absolute atomic E-state index is 0.272. The van der Waals surface area contributed by atoms with E-state index < -0.39 is 0 Å². The fourth-order valence-corrected chi connectivity index (χ4v) is 1.69. The first-order chi connectivity index (χ1) is 8.54. The molecule has 18 heavy (non-hydrogen) atoms. The summed E-state index contributed by atoms with van der Waals surface area (Å²) in [5.74, 6) is 0.681. The molecule has 1 aromatic rings. The van der Waals surface area contributed by atoms with Crippen molar-refractivity contribution in [3.8, 4) is 0 Å². The summed E-state index contributed by atoms with van der Waals surface area (Å²) in [6, 6.07) is 0. The first-order valence-electron chi connectivity index (χ1n) is 6.58. The second kappa shape index (κ2) is 7.16. The van der Waals surface area contributed by atoms with Gasteiger partial charge in [-0.15, -0.1) is 0 Å². The summed E-state index contributed by atoms with van der Waals surface area (Å²) in [6.07, 6.45) is 3.42. The summed E-state index contributed by atoms with van der Waals surface area (Å²) >= 11 is 0. The Morgan fingerprint density at radius 2 is 2.06 bits per heavy atom. The van der Waals surface area contributed by atoms with Crippen LogP contribution in [-0.4, -0.2) is 22.6 Å². The minimum atomic E-state index is -0.331. The molecule has 0 spiro atoms. The number of hydrogen-bond acceptors (Lipinski definition) is 3. The fourth-order valence-electron chi connectivity index (χ4n) is 1.69. The lowest BCUT2D eigenvalue weighted by Gasteiger charge is -2.09. The second-order valence-electron chi connectivity index (χ2n) is 4.89. The van der Waals surface area contributed by atoms with E-state index in [4.69, 9.17) is 0 Å². The molecule has 1 rings (SSSR count). The van der Waals surface area contributed by atoms with Gasteiger partial charge in [-0.1, -0.05) is 20.8 Å². The third kappa shape index (κ3) is 4.49. The molecule has 0 unspecified atom stereocenters. The van der Waals surface area contributed by atoms with Crippen LogP contribution in [0.2, 0.25) is 0 Å². The van der Waals surface area contributed by atoms with E-state index in [0.29, 0.717) is 24.4 Å². The van der Waals surface area contributed by atoms with Crippen molar-refractivity contribution >= 4 is 0 Å². The molecule has 5 heteroatoms. The third-order valence-electron chi connectivity index (χ3n) is 2.89. The van der Waals surface area contributed by atoms with Gasteiger partial charge in [-0.05, 0) is 25.3 Å². The number of rotatable bonds is 7. The Labute approximate surface area is 107 Å². The highest BCUT2D eigenvalue weighted by molar-refractivity contribution is 5.03. The van der Waals surface area contributed by atoms with Crippen molar-refractivity contribution in [1.29, 1.82) is 0 Å². The zero-order valence-corrected chi connectivity index (χ0v) is 11.5. The SMILES string of the molecule is CCc1cn(CCNCCC(C)C)c(=O)[nH]c1=O. The van der Waals surface area contributed by atoms with Crippen LogP contribution in [0.4, 0.5) is 0 Å². The maximum Gasteiger partial charge on any atom is 0.328 e. The van der Waals surface area contributed by atoms with Crippen LogP contribution in [-0.2, 0) is 13.0 Å². The van der Waals surface area contributed by atoms with Gasteiger partial charge < -0.3 is 5.32 Å². The molecule has 1 heterocycles. The molecule has 0 aliphatic heterocycles. The highest BCUT2D eigenvalue weighted by atomic mass is 16.2. The number of H-pyrrole nitrogens is 1. The molecular formula is C13H23N3O2. The number of aromatic amines is 1. The number of aromatic nitrogens is 2. The number of nitrogens with one attached hydrogen (secondary N) is 2. The monoisotopic (exact) mass is 253 g/mol. The molecule has 0 fully saturated rings. The van der Waals surface area contributed by atoms with Gasteiger partial charge in [0.25, 0.3) is 5.56 Å². The molecule has 1 aromatic heterocycles. The van der Waals surface area contributed by atoms with Gasteiger partial charge in [-0.2, -0.15) is 0 Å². The van der Waals surface area contributed by atoms with Crippen molar-refractivity contribution in [3.05, 3.63) is 32.6 Å². The van der Waals surface area contributed by atoms with Crippen LogP contribution in [0.15, 0.2) is 15.8 Å². The molecule has 5 nitrogen and oxygen atoms in total. The predicted molar refractivity (Wildman–Crippen MR) is 73.0 cm³/mol. The van der Waals surface area contributed by atoms with E-state index in [9.17, 15) is 9.59 Å². The van der Waals surface area contributed by atoms with Crippen LogP contribution in [0.25, 0.3) is 0 Å². The van der Waals surface area contributed by atoms with E-state index >= 15 is 0 Å². The first kappa shape index (κ1) is 14.7. The topological polar surface area (TPSA) is 66.9 Å². The van der Waals surface area contributed by atoms with E-state index in [2.05, 4.69) is 24.1 Å². The summed E-state index contributed by atoms with van der Waals surface area (Å²) in [5, 5.41) is 3.29. The molecule has 0 amide bonds. The largest absolute Gasteiger partial charge is 0.328 e. The molecule has 0 bridgehead atoms. The van der Waals surface area contributed by atoms with Crippen molar-refractivity contribution in [2.24, 2.45) is 5.92 Å². The van der Waals surface area contributed by atoms with Gasteiger partial charge in [0.1, 0.15) is 0 Å². The lowest BCUT2D eigenvalue weighted by atomic mass is 10.1. The zero-order valence-electron chi connectivity index (χ0n) is 11.5. The molecular weight excluding hydrogens is 230 g/mol. The lowest BCUT2D eigenvalue weighted by Crippen LogP contribution is -2.34. The highest BCUT2D eigenvalue weighted by Crippen LogP contribution is 1.96. The molecule has 0 aliphatic rings. The van der Waals surface area contributed by atoms with Crippen LogP contribution in [0, 0.1) is 5.92 Å². The van der Waals surface area contributed by atoms with Gasteiger partial charge in [0.2, 0.25) is 0 Å². The van der Waals surface area contributed by atoms with Crippen molar-refractivity contribution < 1.29 is 0 Å². The van der Waals surface area contributed by atoms with Gasteiger partial charge in [0, 0.05) is 24.8 Å². The van der Waals surface area contributed by atoms with E-state index in [1.807, 2.05) is 6.92 Å². The van der Waals surface area contributed by atoms with Crippen LogP contribution in [0.5, 0.6) is 0 Å². The van der Waals surface area contributed by atoms with Gasteiger partial charge in [-0.25, -0.2) is 4.79 Å². The van der Waals surface area contributed by atoms with E-state index in [-0.39, 0.29) is 11.2 Å². The van der Waals surface area contributed by atoms with Crippen LogP contribution >= 0.6 is 0 Å². The summed E-state index contributed by atoms with van der Waals surface area (Å²) in [7, 11) is 0. The van der Waals surface area contributed by atoms with Crippen molar-refractivity contribution in [3.63, 3.8) is 0 Å². The van der Waals surface area contributed by atoms with Crippen LogP contribution in [0.1, 0.15) is 32.8 Å². The summed E-state index contributed by atoms with van der Waals surface area (Å²) in [5.41, 5.74) is 0.0474. The summed E-state index contributed by atoms with van der Waals surface area (Å²) < 4.78 is 1.56. The third-order valence-corrected chi connectivity index (χ3v) is 2.89. The van der Waals surface area contributed by atoms with Gasteiger partial charge >= 0.3 is 5.69 Å². The minimum Gasteiger partial charge on any atom is -0.315 e. The van der Waals surface area contributed by atoms with Gasteiger partial charge in [-0.3, -0.25) is 14.3 Å². The molecule has 0 saturated heterocycles. The van der Waals surface area contributed by atoms with Crippen molar-refractivity contribution in [1.82, 2.24) is 14.9 Å². The van der Waals surface area contributed by atoms with E-state index in [0.717, 1.165) is 19.5 Å². The fraction of sp³-hybridized carbons (Fsp3) is 0.692. The molecule has 102 valence electrons. The van der Waals surface area contributed by atoms with Gasteiger partial charge in [0.05, 0.1) is 0 Å². The Kier molecular flexibility index (Phi) is 5.85. The van der Waals surface area contributed by atoms with Crippen LogP contribution < -0.4 is 16.6 Å². The van der Waals surface area contributed by atoms with Crippen molar-refractivity contribution in [2.45, 2.75) is 40.2 Å². The Morgan fingerprint density at radius 1 is 1.33 bits per heavy atom. The standard InChI is InChI=1S/C13H23N3O2/c1-4-11-9-16(13(18)15-12(11)17)8-7-14-6-5-10(2)3/h9-10,14H,4-8H2,1-3H3,(H,15,17,18). The average molecular weight is 253 g/mol.